The number of unbranched alkanes of at least 4 members (excludes halogenated alkanes) is 3. The van der Waals surface area contributed by atoms with Crippen LogP contribution in [0, 0.1) is 0 Å². The normalized spacial score (nSPS) is 12.2. The lowest BCUT2D eigenvalue weighted by Crippen LogP contribution is -2.32. The van der Waals surface area contributed by atoms with E-state index in [1.165, 1.54) is 19.3 Å². The van der Waals surface area contributed by atoms with E-state index < -0.39 is 0 Å². The SMILES string of the molecule is CCCCCCC(C)NC(=O)c1ccnc(Cl)c1. The molecule has 1 aromatic heterocycles. The highest BCUT2D eigenvalue weighted by Gasteiger charge is 2.09. The van der Waals surface area contributed by atoms with Gasteiger partial charge in [-0.15, -0.1) is 0 Å². The molecule has 100 valence electrons. The van der Waals surface area contributed by atoms with Crippen LogP contribution in [0.3, 0.4) is 0 Å². The number of hydrogen-bond acceptors (Lipinski definition) is 2. The van der Waals surface area contributed by atoms with Gasteiger partial charge in [-0.2, -0.15) is 0 Å². The molecule has 0 spiro atoms. The molecule has 1 unspecified atom stereocenters. The minimum absolute atomic E-state index is 0.0812. The minimum Gasteiger partial charge on any atom is -0.350 e. The first-order chi connectivity index (χ1) is 8.63. The Morgan fingerprint density at radius 3 is 2.89 bits per heavy atom. The lowest BCUT2D eigenvalue weighted by molar-refractivity contribution is 0.0938. The molecule has 0 aliphatic heterocycles. The third-order valence-corrected chi connectivity index (χ3v) is 3.06. The van der Waals surface area contributed by atoms with Gasteiger partial charge < -0.3 is 5.32 Å². The second kappa shape index (κ2) is 8.09. The molecule has 1 aromatic rings. The fourth-order valence-electron chi connectivity index (χ4n) is 1.80. The summed E-state index contributed by atoms with van der Waals surface area (Å²) in [6.45, 7) is 4.23. The third kappa shape index (κ3) is 5.50. The molecular weight excluding hydrogens is 248 g/mol. The van der Waals surface area contributed by atoms with Gasteiger partial charge in [0.25, 0.3) is 5.91 Å². The molecule has 0 fully saturated rings. The topological polar surface area (TPSA) is 42.0 Å². The van der Waals surface area contributed by atoms with Crippen LogP contribution < -0.4 is 5.32 Å². The Kier molecular flexibility index (Phi) is 6.73. The fourth-order valence-corrected chi connectivity index (χ4v) is 1.97. The maximum Gasteiger partial charge on any atom is 0.251 e. The van der Waals surface area contributed by atoms with Gasteiger partial charge in [0.15, 0.2) is 0 Å². The van der Waals surface area contributed by atoms with Gasteiger partial charge >= 0.3 is 0 Å². The summed E-state index contributed by atoms with van der Waals surface area (Å²) in [4.78, 5) is 15.8. The number of carbonyl (C=O) groups is 1. The van der Waals surface area contributed by atoms with Crippen LogP contribution >= 0.6 is 11.6 Å². The number of halogens is 1. The van der Waals surface area contributed by atoms with E-state index in [0.717, 1.165) is 12.8 Å². The summed E-state index contributed by atoms with van der Waals surface area (Å²) < 4.78 is 0. The summed E-state index contributed by atoms with van der Waals surface area (Å²) >= 11 is 5.75. The molecule has 4 heteroatoms. The molecule has 0 radical (unpaired) electrons. The molecule has 1 N–H and O–H groups in total. The summed E-state index contributed by atoms with van der Waals surface area (Å²) in [5.74, 6) is -0.0812. The van der Waals surface area contributed by atoms with Crippen LogP contribution in [0.15, 0.2) is 18.3 Å². The average molecular weight is 269 g/mol. The zero-order chi connectivity index (χ0) is 13.4. The average Bonchev–Trinajstić information content (AvgIpc) is 2.34. The number of carbonyl (C=O) groups excluding carboxylic acids is 1. The first kappa shape index (κ1) is 15.0. The molecule has 0 aromatic carbocycles. The molecule has 3 nitrogen and oxygen atoms in total. The molecule has 1 rings (SSSR count). The Labute approximate surface area is 114 Å². The Balaban J connectivity index is 2.35. The van der Waals surface area contributed by atoms with E-state index in [9.17, 15) is 4.79 Å². The van der Waals surface area contributed by atoms with Crippen molar-refractivity contribution in [1.29, 1.82) is 0 Å². The van der Waals surface area contributed by atoms with Crippen molar-refractivity contribution in [2.24, 2.45) is 0 Å². The highest BCUT2D eigenvalue weighted by Crippen LogP contribution is 2.09. The van der Waals surface area contributed by atoms with Gasteiger partial charge in [-0.05, 0) is 25.5 Å². The Bertz CT molecular complexity index is 382. The van der Waals surface area contributed by atoms with Gasteiger partial charge in [-0.1, -0.05) is 44.2 Å². The lowest BCUT2D eigenvalue weighted by Gasteiger charge is -2.13. The summed E-state index contributed by atoms with van der Waals surface area (Å²) in [6.07, 6.45) is 7.45. The van der Waals surface area contributed by atoms with E-state index in [0.29, 0.717) is 10.7 Å². The smallest absolute Gasteiger partial charge is 0.251 e. The van der Waals surface area contributed by atoms with E-state index in [2.05, 4.69) is 17.2 Å². The molecule has 18 heavy (non-hydrogen) atoms. The number of hydrogen-bond donors (Lipinski definition) is 1. The van der Waals surface area contributed by atoms with Crippen LogP contribution in [0.1, 0.15) is 56.3 Å². The van der Waals surface area contributed by atoms with E-state index in [-0.39, 0.29) is 11.9 Å². The second-order valence-electron chi connectivity index (χ2n) is 4.59. The maximum absolute atomic E-state index is 11.9. The Hall–Kier alpha value is -1.09. The predicted molar refractivity (Wildman–Crippen MR) is 74.9 cm³/mol. The summed E-state index contributed by atoms with van der Waals surface area (Å²) in [5, 5.41) is 3.32. The maximum atomic E-state index is 11.9. The van der Waals surface area contributed by atoms with Crippen molar-refractivity contribution in [1.82, 2.24) is 10.3 Å². The van der Waals surface area contributed by atoms with Crippen molar-refractivity contribution in [3.63, 3.8) is 0 Å². The number of nitrogens with one attached hydrogen (secondary N) is 1. The van der Waals surface area contributed by atoms with Crippen LogP contribution in [0.25, 0.3) is 0 Å². The number of pyridine rings is 1. The molecule has 0 aliphatic rings. The van der Waals surface area contributed by atoms with E-state index in [1.54, 1.807) is 18.3 Å². The lowest BCUT2D eigenvalue weighted by atomic mass is 10.1. The highest BCUT2D eigenvalue weighted by molar-refractivity contribution is 6.29. The first-order valence-corrected chi connectivity index (χ1v) is 6.93. The van der Waals surface area contributed by atoms with Crippen molar-refractivity contribution >= 4 is 17.5 Å². The van der Waals surface area contributed by atoms with Crippen LogP contribution in [-0.4, -0.2) is 16.9 Å². The standard InChI is InChI=1S/C14H21ClN2O/c1-3-4-5-6-7-11(2)17-14(18)12-8-9-16-13(15)10-12/h8-11H,3-7H2,1-2H3,(H,17,18). The van der Waals surface area contributed by atoms with Crippen LogP contribution in [0.5, 0.6) is 0 Å². The zero-order valence-corrected chi connectivity index (χ0v) is 11.8. The van der Waals surface area contributed by atoms with Crippen LogP contribution in [-0.2, 0) is 0 Å². The van der Waals surface area contributed by atoms with Crippen molar-refractivity contribution in [3.05, 3.63) is 29.0 Å². The summed E-state index contributed by atoms with van der Waals surface area (Å²) in [7, 11) is 0. The van der Waals surface area contributed by atoms with E-state index in [4.69, 9.17) is 11.6 Å². The quantitative estimate of drug-likeness (QED) is 0.603. The van der Waals surface area contributed by atoms with Crippen LogP contribution in [0.2, 0.25) is 5.15 Å². The Morgan fingerprint density at radius 2 is 2.22 bits per heavy atom. The molecule has 1 amide bonds. The molecule has 0 bridgehead atoms. The summed E-state index contributed by atoms with van der Waals surface area (Å²) in [6, 6.07) is 3.45. The molecule has 0 saturated carbocycles. The second-order valence-corrected chi connectivity index (χ2v) is 4.98. The van der Waals surface area contributed by atoms with Crippen LogP contribution in [0.4, 0.5) is 0 Å². The van der Waals surface area contributed by atoms with E-state index in [1.807, 2.05) is 6.92 Å². The largest absolute Gasteiger partial charge is 0.350 e. The third-order valence-electron chi connectivity index (χ3n) is 2.86. The van der Waals surface area contributed by atoms with Gasteiger partial charge in [-0.25, -0.2) is 4.98 Å². The molecular formula is C14H21ClN2O. The van der Waals surface area contributed by atoms with Gasteiger partial charge in [-0.3, -0.25) is 4.79 Å². The molecule has 0 saturated heterocycles. The number of nitrogens with zero attached hydrogens (tertiary/aromatic N) is 1. The van der Waals surface area contributed by atoms with Gasteiger partial charge in [0.05, 0.1) is 0 Å². The van der Waals surface area contributed by atoms with Gasteiger partial charge in [0, 0.05) is 17.8 Å². The van der Waals surface area contributed by atoms with Crippen molar-refractivity contribution in [2.75, 3.05) is 0 Å². The highest BCUT2D eigenvalue weighted by atomic mass is 35.5. The monoisotopic (exact) mass is 268 g/mol. The first-order valence-electron chi connectivity index (χ1n) is 6.56. The number of rotatable bonds is 7. The zero-order valence-electron chi connectivity index (χ0n) is 11.1. The predicted octanol–water partition coefficient (Wildman–Crippen LogP) is 3.82. The molecule has 0 aliphatic carbocycles. The number of amides is 1. The van der Waals surface area contributed by atoms with Crippen molar-refractivity contribution < 1.29 is 4.79 Å². The molecule has 1 heterocycles. The van der Waals surface area contributed by atoms with Gasteiger partial charge in [0.2, 0.25) is 0 Å². The van der Waals surface area contributed by atoms with Crippen molar-refractivity contribution in [3.8, 4) is 0 Å². The fraction of sp³-hybridized carbons (Fsp3) is 0.571. The number of aromatic nitrogens is 1. The Morgan fingerprint density at radius 1 is 1.44 bits per heavy atom. The van der Waals surface area contributed by atoms with E-state index >= 15 is 0 Å². The summed E-state index contributed by atoms with van der Waals surface area (Å²) in [5.41, 5.74) is 0.565. The minimum atomic E-state index is -0.0812. The van der Waals surface area contributed by atoms with Crippen molar-refractivity contribution in [2.45, 2.75) is 52.0 Å². The molecule has 1 atom stereocenters. The van der Waals surface area contributed by atoms with Gasteiger partial charge in [0.1, 0.15) is 5.15 Å².